The molecule has 1 heterocycles. The van der Waals surface area contributed by atoms with Gasteiger partial charge in [0.1, 0.15) is 0 Å². The highest BCUT2D eigenvalue weighted by Crippen LogP contribution is 2.45. The molecule has 1 atom stereocenters. The van der Waals surface area contributed by atoms with Crippen LogP contribution in [0.2, 0.25) is 0 Å². The minimum atomic E-state index is -3.40. The number of aryl methyl sites for hydroxylation is 1. The Morgan fingerprint density at radius 3 is 2.55 bits per heavy atom. The molecular weight excluding hydrogens is 274 g/mol. The molecule has 0 spiro atoms. The van der Waals surface area contributed by atoms with Crippen LogP contribution in [0.4, 0.5) is 0 Å². The average molecular weight is 299 g/mol. The maximum absolute atomic E-state index is 12.4. The summed E-state index contributed by atoms with van der Waals surface area (Å²) >= 11 is 0. The van der Waals surface area contributed by atoms with E-state index in [1.165, 1.54) is 0 Å². The van der Waals surface area contributed by atoms with Crippen molar-refractivity contribution < 1.29 is 8.42 Å². The van der Waals surface area contributed by atoms with Gasteiger partial charge in [-0.25, -0.2) is 13.1 Å². The van der Waals surface area contributed by atoms with Crippen LogP contribution >= 0.6 is 0 Å². The van der Waals surface area contributed by atoms with Crippen molar-refractivity contribution >= 4 is 10.0 Å². The molecule has 0 saturated heterocycles. The van der Waals surface area contributed by atoms with Crippen molar-refractivity contribution in [3.8, 4) is 0 Å². The van der Waals surface area contributed by atoms with Crippen LogP contribution in [-0.4, -0.2) is 25.6 Å². The predicted octanol–water partition coefficient (Wildman–Crippen LogP) is 1.69. The highest BCUT2D eigenvalue weighted by molar-refractivity contribution is 7.89. The van der Waals surface area contributed by atoms with Crippen molar-refractivity contribution in [1.29, 1.82) is 0 Å². The molecule has 1 aliphatic rings. The number of aromatic nitrogens is 1. The van der Waals surface area contributed by atoms with E-state index in [-0.39, 0.29) is 11.5 Å². The summed E-state index contributed by atoms with van der Waals surface area (Å²) in [6, 6.07) is 1.83. The van der Waals surface area contributed by atoms with Gasteiger partial charge in [-0.05, 0) is 31.4 Å². The van der Waals surface area contributed by atoms with Gasteiger partial charge in [-0.1, -0.05) is 20.8 Å². The molecule has 5 nitrogen and oxygen atoms in total. The second kappa shape index (κ2) is 5.50. The molecule has 0 aromatic carbocycles. The third kappa shape index (κ3) is 3.24. The van der Waals surface area contributed by atoms with Crippen LogP contribution in [0, 0.1) is 5.41 Å². The van der Waals surface area contributed by atoms with Crippen LogP contribution in [0.15, 0.2) is 17.2 Å². The van der Waals surface area contributed by atoms with Gasteiger partial charge in [-0.2, -0.15) is 0 Å². The van der Waals surface area contributed by atoms with E-state index in [1.807, 2.05) is 18.4 Å². The first-order valence-electron chi connectivity index (χ1n) is 7.22. The Balaban J connectivity index is 2.17. The third-order valence-electron chi connectivity index (χ3n) is 3.98. The number of nitrogens with one attached hydrogen (secondary N) is 2. The summed E-state index contributed by atoms with van der Waals surface area (Å²) in [6.45, 7) is 10.5. The summed E-state index contributed by atoms with van der Waals surface area (Å²) in [5.41, 5.74) is 1.09. The first kappa shape index (κ1) is 15.5. The van der Waals surface area contributed by atoms with Crippen LogP contribution in [-0.2, 0) is 23.1 Å². The van der Waals surface area contributed by atoms with Gasteiger partial charge in [0.05, 0.1) is 4.90 Å². The normalized spacial score (nSPS) is 21.1. The molecule has 114 valence electrons. The van der Waals surface area contributed by atoms with E-state index in [1.54, 1.807) is 12.3 Å². The molecule has 1 aromatic rings. The first-order valence-corrected chi connectivity index (χ1v) is 8.70. The Hall–Kier alpha value is -0.850. The van der Waals surface area contributed by atoms with E-state index in [4.69, 9.17) is 0 Å². The molecule has 1 fully saturated rings. The summed E-state index contributed by atoms with van der Waals surface area (Å²) in [5, 5.41) is 3.23. The third-order valence-corrected chi connectivity index (χ3v) is 5.42. The molecule has 1 unspecified atom stereocenters. The smallest absolute Gasteiger partial charge is 0.242 e. The second-order valence-corrected chi connectivity index (χ2v) is 7.81. The molecule has 2 rings (SSSR count). The Bertz CT molecular complexity index is 575. The molecular formula is C14H25N3O2S. The lowest BCUT2D eigenvalue weighted by Gasteiger charge is -2.06. The standard InChI is InChI=1S/C14H25N3O2S/c1-5-15-9-11-7-12(10-17(11)6-2)20(18,19)16-13-8-14(13,3)4/h7,10,13,15-16H,5-6,8-9H2,1-4H3. The van der Waals surface area contributed by atoms with Crippen molar-refractivity contribution in [2.75, 3.05) is 6.54 Å². The number of rotatable bonds is 7. The fourth-order valence-electron chi connectivity index (χ4n) is 2.29. The zero-order valence-electron chi connectivity index (χ0n) is 12.7. The summed E-state index contributed by atoms with van der Waals surface area (Å²) in [6.07, 6.45) is 2.63. The lowest BCUT2D eigenvalue weighted by molar-refractivity contribution is 0.554. The lowest BCUT2D eigenvalue weighted by atomic mass is 10.2. The lowest BCUT2D eigenvalue weighted by Crippen LogP contribution is -2.28. The van der Waals surface area contributed by atoms with Gasteiger partial charge in [-0.15, -0.1) is 0 Å². The zero-order chi connectivity index (χ0) is 15.0. The molecule has 1 saturated carbocycles. The zero-order valence-corrected chi connectivity index (χ0v) is 13.5. The Morgan fingerprint density at radius 2 is 2.05 bits per heavy atom. The van der Waals surface area contributed by atoms with Gasteiger partial charge in [0.25, 0.3) is 0 Å². The van der Waals surface area contributed by atoms with Crippen LogP contribution < -0.4 is 10.0 Å². The molecule has 0 amide bonds. The Kier molecular flexibility index (Phi) is 4.27. The number of nitrogens with zero attached hydrogens (tertiary/aromatic N) is 1. The average Bonchev–Trinajstić information content (AvgIpc) is 2.79. The van der Waals surface area contributed by atoms with Gasteiger partial charge in [0.15, 0.2) is 0 Å². The largest absolute Gasteiger partial charge is 0.349 e. The predicted molar refractivity (Wildman–Crippen MR) is 80.0 cm³/mol. The van der Waals surface area contributed by atoms with E-state index in [9.17, 15) is 8.42 Å². The van der Waals surface area contributed by atoms with Gasteiger partial charge in [-0.3, -0.25) is 0 Å². The molecule has 1 aliphatic carbocycles. The van der Waals surface area contributed by atoms with E-state index in [0.29, 0.717) is 11.4 Å². The first-order chi connectivity index (χ1) is 9.30. The minimum Gasteiger partial charge on any atom is -0.349 e. The van der Waals surface area contributed by atoms with Gasteiger partial charge >= 0.3 is 0 Å². The number of sulfonamides is 1. The number of hydrogen-bond donors (Lipinski definition) is 2. The Labute approximate surface area is 121 Å². The van der Waals surface area contributed by atoms with Gasteiger partial charge in [0, 0.05) is 31.0 Å². The van der Waals surface area contributed by atoms with Crippen LogP contribution in [0.25, 0.3) is 0 Å². The van der Waals surface area contributed by atoms with E-state index in [2.05, 4.69) is 23.9 Å². The van der Waals surface area contributed by atoms with Crippen molar-refractivity contribution in [1.82, 2.24) is 14.6 Å². The van der Waals surface area contributed by atoms with Gasteiger partial charge in [0.2, 0.25) is 10.0 Å². The molecule has 0 bridgehead atoms. The van der Waals surface area contributed by atoms with E-state index < -0.39 is 10.0 Å². The van der Waals surface area contributed by atoms with Crippen LogP contribution in [0.5, 0.6) is 0 Å². The van der Waals surface area contributed by atoms with Crippen molar-refractivity contribution in [3.63, 3.8) is 0 Å². The SMILES string of the molecule is CCNCc1cc(S(=O)(=O)NC2CC2(C)C)cn1CC. The Morgan fingerprint density at radius 1 is 1.40 bits per heavy atom. The van der Waals surface area contributed by atoms with E-state index in [0.717, 1.165) is 25.2 Å². The van der Waals surface area contributed by atoms with Crippen LogP contribution in [0.3, 0.4) is 0 Å². The van der Waals surface area contributed by atoms with E-state index >= 15 is 0 Å². The molecule has 1 aromatic heterocycles. The highest BCUT2D eigenvalue weighted by Gasteiger charge is 2.48. The second-order valence-electron chi connectivity index (χ2n) is 6.10. The topological polar surface area (TPSA) is 63.1 Å². The fraction of sp³-hybridized carbons (Fsp3) is 0.714. The maximum atomic E-state index is 12.4. The molecule has 6 heteroatoms. The highest BCUT2D eigenvalue weighted by atomic mass is 32.2. The van der Waals surface area contributed by atoms with Crippen molar-refractivity contribution in [2.24, 2.45) is 5.41 Å². The monoisotopic (exact) mass is 299 g/mol. The molecule has 0 radical (unpaired) electrons. The quantitative estimate of drug-likeness (QED) is 0.805. The van der Waals surface area contributed by atoms with Crippen LogP contribution in [0.1, 0.15) is 39.8 Å². The summed E-state index contributed by atoms with van der Waals surface area (Å²) in [4.78, 5) is 0.370. The maximum Gasteiger partial charge on any atom is 0.242 e. The summed E-state index contributed by atoms with van der Waals surface area (Å²) in [5.74, 6) is 0. The fourth-order valence-corrected chi connectivity index (χ4v) is 3.76. The van der Waals surface area contributed by atoms with Crippen molar-refractivity contribution in [2.45, 2.75) is 58.1 Å². The molecule has 20 heavy (non-hydrogen) atoms. The van der Waals surface area contributed by atoms with Gasteiger partial charge < -0.3 is 9.88 Å². The number of hydrogen-bond acceptors (Lipinski definition) is 3. The molecule has 0 aliphatic heterocycles. The van der Waals surface area contributed by atoms with Crippen molar-refractivity contribution in [3.05, 3.63) is 18.0 Å². The molecule has 2 N–H and O–H groups in total. The summed E-state index contributed by atoms with van der Waals surface area (Å²) < 4.78 is 29.5. The minimum absolute atomic E-state index is 0.0645. The summed E-state index contributed by atoms with van der Waals surface area (Å²) in [7, 11) is -3.40.